The van der Waals surface area contributed by atoms with Crippen LogP contribution in [0.15, 0.2) is 18.2 Å². The number of benzene rings is 1. The van der Waals surface area contributed by atoms with Gasteiger partial charge in [-0.25, -0.2) is 0 Å². The van der Waals surface area contributed by atoms with Crippen LogP contribution in [0.4, 0.5) is 5.69 Å². The van der Waals surface area contributed by atoms with Crippen LogP contribution in [0.2, 0.25) is 5.02 Å². The molecule has 0 heterocycles. The summed E-state index contributed by atoms with van der Waals surface area (Å²) in [5, 5.41) is 14.5. The van der Waals surface area contributed by atoms with Gasteiger partial charge < -0.3 is 10.2 Å². The Balaban J connectivity index is 2.36. The second-order valence-electron chi connectivity index (χ2n) is 4.72. The van der Waals surface area contributed by atoms with Gasteiger partial charge in [-0.2, -0.15) is 0 Å². The molecule has 0 aromatic heterocycles. The minimum atomic E-state index is -0.406. The average Bonchev–Trinajstić information content (AvgIpc) is 2.34. The fourth-order valence-electron chi connectivity index (χ4n) is 1.71. The highest BCUT2D eigenvalue weighted by Gasteiger charge is 2.09. The summed E-state index contributed by atoms with van der Waals surface area (Å²) in [6, 6.07) is 4.51. The van der Waals surface area contributed by atoms with Crippen molar-refractivity contribution < 1.29 is 4.92 Å². The van der Waals surface area contributed by atoms with Crippen molar-refractivity contribution in [1.29, 1.82) is 0 Å². The van der Waals surface area contributed by atoms with E-state index in [1.807, 2.05) is 0 Å². The molecular formula is C13H20ClN3O2. The molecule has 1 N–H and O–H groups in total. The number of nitro groups is 1. The molecule has 0 saturated carbocycles. The first kappa shape index (κ1) is 15.9. The molecule has 106 valence electrons. The first-order valence-electron chi connectivity index (χ1n) is 6.29. The Hall–Kier alpha value is -1.17. The minimum absolute atomic E-state index is 0.0776. The first-order chi connectivity index (χ1) is 9.00. The standard InChI is InChI=1S/C13H20ClN3O2/c1-16(2)8-4-3-7-15-10-11-9-12(17(18)19)5-6-13(11)14/h5-6,9,15H,3-4,7-8,10H2,1-2H3. The third-order valence-electron chi connectivity index (χ3n) is 2.76. The predicted octanol–water partition coefficient (Wildman–Crippen LogP) is 2.68. The lowest BCUT2D eigenvalue weighted by Gasteiger charge is -2.10. The van der Waals surface area contributed by atoms with Gasteiger partial charge in [-0.3, -0.25) is 10.1 Å². The summed E-state index contributed by atoms with van der Waals surface area (Å²) in [7, 11) is 4.10. The third-order valence-corrected chi connectivity index (χ3v) is 3.13. The van der Waals surface area contributed by atoms with E-state index in [9.17, 15) is 10.1 Å². The van der Waals surface area contributed by atoms with Crippen LogP contribution in [0.1, 0.15) is 18.4 Å². The van der Waals surface area contributed by atoms with Gasteiger partial charge in [0.1, 0.15) is 0 Å². The monoisotopic (exact) mass is 285 g/mol. The van der Waals surface area contributed by atoms with Crippen molar-refractivity contribution in [2.24, 2.45) is 0 Å². The molecule has 0 aliphatic heterocycles. The molecule has 19 heavy (non-hydrogen) atoms. The Kier molecular flexibility index (Phi) is 6.77. The molecule has 0 saturated heterocycles. The molecule has 0 fully saturated rings. The number of halogens is 1. The van der Waals surface area contributed by atoms with Crippen molar-refractivity contribution >= 4 is 17.3 Å². The molecule has 0 aliphatic rings. The van der Waals surface area contributed by atoms with Gasteiger partial charge in [0.15, 0.2) is 0 Å². The summed E-state index contributed by atoms with van der Waals surface area (Å²) >= 11 is 6.01. The molecule has 0 unspecified atom stereocenters. The number of nitro benzene ring substituents is 1. The summed E-state index contributed by atoms with van der Waals surface area (Å²) in [5.41, 5.74) is 0.845. The number of hydrogen-bond acceptors (Lipinski definition) is 4. The first-order valence-corrected chi connectivity index (χ1v) is 6.67. The van der Waals surface area contributed by atoms with Crippen LogP contribution in [0, 0.1) is 10.1 Å². The fourth-order valence-corrected chi connectivity index (χ4v) is 1.90. The third kappa shape index (κ3) is 6.00. The Labute approximate surface area is 118 Å². The van der Waals surface area contributed by atoms with Gasteiger partial charge in [0.25, 0.3) is 5.69 Å². The van der Waals surface area contributed by atoms with Crippen molar-refractivity contribution in [3.8, 4) is 0 Å². The zero-order valence-electron chi connectivity index (χ0n) is 11.4. The summed E-state index contributed by atoms with van der Waals surface area (Å²) in [6.07, 6.45) is 2.20. The Morgan fingerprint density at radius 3 is 2.74 bits per heavy atom. The van der Waals surface area contributed by atoms with E-state index in [2.05, 4.69) is 24.3 Å². The van der Waals surface area contributed by atoms with Crippen molar-refractivity contribution in [1.82, 2.24) is 10.2 Å². The van der Waals surface area contributed by atoms with Crippen LogP contribution in [0.5, 0.6) is 0 Å². The van der Waals surface area contributed by atoms with Crippen molar-refractivity contribution in [3.63, 3.8) is 0 Å². The molecular weight excluding hydrogens is 266 g/mol. The van der Waals surface area contributed by atoms with E-state index in [-0.39, 0.29) is 5.69 Å². The van der Waals surface area contributed by atoms with Crippen molar-refractivity contribution in [3.05, 3.63) is 38.9 Å². The zero-order chi connectivity index (χ0) is 14.3. The van der Waals surface area contributed by atoms with Crippen LogP contribution in [0.3, 0.4) is 0 Å². The topological polar surface area (TPSA) is 58.4 Å². The number of non-ortho nitro benzene ring substituents is 1. The lowest BCUT2D eigenvalue weighted by atomic mass is 10.2. The number of unbranched alkanes of at least 4 members (excludes halogenated alkanes) is 1. The average molecular weight is 286 g/mol. The number of hydrogen-bond donors (Lipinski definition) is 1. The van der Waals surface area contributed by atoms with Gasteiger partial charge >= 0.3 is 0 Å². The second kappa shape index (κ2) is 8.09. The smallest absolute Gasteiger partial charge is 0.269 e. The van der Waals surface area contributed by atoms with E-state index in [0.29, 0.717) is 11.6 Å². The summed E-state index contributed by atoms with van der Waals surface area (Å²) in [6.45, 7) is 2.51. The predicted molar refractivity (Wildman–Crippen MR) is 77.6 cm³/mol. The molecule has 1 aromatic carbocycles. The molecule has 1 rings (SSSR count). The van der Waals surface area contributed by atoms with Crippen LogP contribution < -0.4 is 5.32 Å². The van der Waals surface area contributed by atoms with Crippen LogP contribution in [0.25, 0.3) is 0 Å². The van der Waals surface area contributed by atoms with E-state index < -0.39 is 4.92 Å². The van der Waals surface area contributed by atoms with Crippen LogP contribution in [-0.4, -0.2) is 37.0 Å². The van der Waals surface area contributed by atoms with E-state index >= 15 is 0 Å². The fraction of sp³-hybridized carbons (Fsp3) is 0.538. The molecule has 0 radical (unpaired) electrons. The normalized spacial score (nSPS) is 10.9. The van der Waals surface area contributed by atoms with Gasteiger partial charge in [-0.05, 0) is 51.7 Å². The summed E-state index contributed by atoms with van der Waals surface area (Å²) < 4.78 is 0. The summed E-state index contributed by atoms with van der Waals surface area (Å²) in [4.78, 5) is 12.4. The maximum atomic E-state index is 10.7. The molecule has 0 amide bonds. The quantitative estimate of drug-likeness (QED) is 0.453. The lowest BCUT2D eigenvalue weighted by molar-refractivity contribution is -0.384. The van der Waals surface area contributed by atoms with E-state index in [1.54, 1.807) is 6.07 Å². The minimum Gasteiger partial charge on any atom is -0.313 e. The van der Waals surface area contributed by atoms with Gasteiger partial charge in [0.05, 0.1) is 4.92 Å². The van der Waals surface area contributed by atoms with E-state index in [1.165, 1.54) is 12.1 Å². The highest BCUT2D eigenvalue weighted by molar-refractivity contribution is 6.31. The molecule has 0 bridgehead atoms. The molecule has 0 spiro atoms. The number of nitrogens with zero attached hydrogens (tertiary/aromatic N) is 2. The number of rotatable bonds is 8. The highest BCUT2D eigenvalue weighted by atomic mass is 35.5. The number of nitrogens with one attached hydrogen (secondary N) is 1. The Morgan fingerprint density at radius 1 is 1.37 bits per heavy atom. The van der Waals surface area contributed by atoms with E-state index in [4.69, 9.17) is 11.6 Å². The Bertz CT molecular complexity index is 424. The van der Waals surface area contributed by atoms with Crippen molar-refractivity contribution in [2.45, 2.75) is 19.4 Å². The van der Waals surface area contributed by atoms with Gasteiger partial charge in [-0.15, -0.1) is 0 Å². The molecule has 1 aromatic rings. The molecule has 6 heteroatoms. The Morgan fingerprint density at radius 2 is 2.11 bits per heavy atom. The largest absolute Gasteiger partial charge is 0.313 e. The maximum Gasteiger partial charge on any atom is 0.269 e. The zero-order valence-corrected chi connectivity index (χ0v) is 12.1. The molecule has 0 aliphatic carbocycles. The van der Waals surface area contributed by atoms with Crippen molar-refractivity contribution in [2.75, 3.05) is 27.2 Å². The van der Waals surface area contributed by atoms with Gasteiger partial charge in [0, 0.05) is 23.7 Å². The summed E-state index contributed by atoms with van der Waals surface area (Å²) in [5.74, 6) is 0. The second-order valence-corrected chi connectivity index (χ2v) is 5.13. The van der Waals surface area contributed by atoms with Crippen LogP contribution >= 0.6 is 11.6 Å². The van der Waals surface area contributed by atoms with E-state index in [0.717, 1.165) is 31.5 Å². The van der Waals surface area contributed by atoms with Crippen LogP contribution in [-0.2, 0) is 6.54 Å². The molecule has 0 atom stereocenters. The van der Waals surface area contributed by atoms with Gasteiger partial charge in [-0.1, -0.05) is 11.6 Å². The SMILES string of the molecule is CN(C)CCCCNCc1cc([N+](=O)[O-])ccc1Cl. The highest BCUT2D eigenvalue weighted by Crippen LogP contribution is 2.21. The maximum absolute atomic E-state index is 10.7. The molecule has 5 nitrogen and oxygen atoms in total. The van der Waals surface area contributed by atoms with Gasteiger partial charge in [0.2, 0.25) is 0 Å². The lowest BCUT2D eigenvalue weighted by Crippen LogP contribution is -2.18.